The number of halogens is 1. The molecular weight excluding hydrogens is 237 g/mol. The largest absolute Gasteiger partial charge is 0.494 e. The van der Waals surface area contributed by atoms with Crippen LogP contribution in [0.5, 0.6) is 5.75 Å². The van der Waals surface area contributed by atoms with Gasteiger partial charge in [0.05, 0.1) is 19.3 Å². The Morgan fingerprint density at radius 1 is 1.56 bits per heavy atom. The number of rotatable bonds is 4. The van der Waals surface area contributed by atoms with Crippen molar-refractivity contribution < 1.29 is 19.0 Å². The molecule has 0 aromatic heterocycles. The lowest BCUT2D eigenvalue weighted by atomic mass is 9.77. The van der Waals surface area contributed by atoms with Gasteiger partial charge in [-0.05, 0) is 37.5 Å². The monoisotopic (exact) mass is 253 g/mol. The highest BCUT2D eigenvalue weighted by Crippen LogP contribution is 2.31. The van der Waals surface area contributed by atoms with E-state index in [2.05, 4.69) is 5.32 Å². The molecule has 0 heterocycles. The summed E-state index contributed by atoms with van der Waals surface area (Å²) < 4.78 is 18.0. The highest BCUT2D eigenvalue weighted by Gasteiger charge is 2.37. The van der Waals surface area contributed by atoms with Gasteiger partial charge in [0.15, 0.2) is 11.6 Å². The smallest absolute Gasteiger partial charge is 0.251 e. The van der Waals surface area contributed by atoms with Gasteiger partial charge < -0.3 is 15.2 Å². The Morgan fingerprint density at radius 2 is 2.28 bits per heavy atom. The summed E-state index contributed by atoms with van der Waals surface area (Å²) in [5.74, 6) is -0.786. The van der Waals surface area contributed by atoms with Gasteiger partial charge >= 0.3 is 0 Å². The first-order chi connectivity index (χ1) is 8.60. The summed E-state index contributed by atoms with van der Waals surface area (Å²) in [7, 11) is 1.35. The molecule has 18 heavy (non-hydrogen) atoms. The first kappa shape index (κ1) is 12.8. The molecule has 0 unspecified atom stereocenters. The van der Waals surface area contributed by atoms with Crippen LogP contribution in [0.2, 0.25) is 0 Å². The van der Waals surface area contributed by atoms with Crippen molar-refractivity contribution in [3.05, 3.63) is 29.6 Å². The third-order valence-corrected chi connectivity index (χ3v) is 3.41. The van der Waals surface area contributed by atoms with Crippen LogP contribution in [-0.2, 0) is 0 Å². The van der Waals surface area contributed by atoms with Gasteiger partial charge in [0, 0.05) is 5.56 Å². The van der Waals surface area contributed by atoms with Gasteiger partial charge in [-0.3, -0.25) is 4.79 Å². The molecule has 0 radical (unpaired) electrons. The molecule has 1 aromatic carbocycles. The number of aliphatic hydroxyl groups excluding tert-OH is 1. The molecule has 0 saturated heterocycles. The van der Waals surface area contributed by atoms with E-state index in [1.165, 1.54) is 25.3 Å². The maximum Gasteiger partial charge on any atom is 0.251 e. The van der Waals surface area contributed by atoms with Crippen LogP contribution in [0.3, 0.4) is 0 Å². The number of ether oxygens (including phenoxy) is 1. The number of carbonyl (C=O) groups is 1. The van der Waals surface area contributed by atoms with Crippen molar-refractivity contribution in [2.45, 2.75) is 24.8 Å². The summed E-state index contributed by atoms with van der Waals surface area (Å²) in [6.45, 7) is -0.0724. The quantitative estimate of drug-likeness (QED) is 0.854. The summed E-state index contributed by atoms with van der Waals surface area (Å²) >= 11 is 0. The van der Waals surface area contributed by atoms with Gasteiger partial charge in [-0.2, -0.15) is 0 Å². The molecule has 1 aromatic rings. The molecule has 0 bridgehead atoms. The predicted octanol–water partition coefficient (Wildman–Crippen LogP) is 1.48. The molecule has 0 atom stereocenters. The second kappa shape index (κ2) is 4.94. The van der Waals surface area contributed by atoms with Crippen molar-refractivity contribution in [1.82, 2.24) is 5.32 Å². The molecular formula is C13H16FNO3. The first-order valence-corrected chi connectivity index (χ1v) is 5.87. The lowest BCUT2D eigenvalue weighted by Gasteiger charge is -2.40. The Morgan fingerprint density at radius 3 is 2.78 bits per heavy atom. The van der Waals surface area contributed by atoms with Crippen LogP contribution in [0.1, 0.15) is 29.6 Å². The van der Waals surface area contributed by atoms with E-state index in [0.29, 0.717) is 5.56 Å². The Labute approximate surface area is 105 Å². The van der Waals surface area contributed by atoms with Crippen molar-refractivity contribution >= 4 is 5.91 Å². The standard InChI is InChI=1S/C13H16FNO3/c1-18-11-7-9(3-4-10(11)14)12(17)15-13(8-16)5-2-6-13/h3-4,7,16H,2,5-6,8H2,1H3,(H,15,17). The van der Waals surface area contributed by atoms with E-state index in [1.54, 1.807) is 0 Å². The van der Waals surface area contributed by atoms with E-state index < -0.39 is 11.4 Å². The van der Waals surface area contributed by atoms with E-state index in [-0.39, 0.29) is 18.3 Å². The number of aliphatic hydroxyl groups is 1. The Balaban J connectivity index is 2.13. The normalized spacial score (nSPS) is 16.8. The predicted molar refractivity (Wildman–Crippen MR) is 64.1 cm³/mol. The van der Waals surface area contributed by atoms with Gasteiger partial charge in [-0.1, -0.05) is 0 Å². The fraction of sp³-hybridized carbons (Fsp3) is 0.462. The van der Waals surface area contributed by atoms with Crippen LogP contribution >= 0.6 is 0 Å². The number of carbonyl (C=O) groups excluding carboxylic acids is 1. The molecule has 98 valence electrons. The highest BCUT2D eigenvalue weighted by atomic mass is 19.1. The average Bonchev–Trinajstić information content (AvgIpc) is 2.34. The molecule has 0 aliphatic heterocycles. The number of hydrogen-bond donors (Lipinski definition) is 2. The second-order valence-corrected chi connectivity index (χ2v) is 4.60. The third kappa shape index (κ3) is 2.31. The molecule has 0 spiro atoms. The molecule has 2 N–H and O–H groups in total. The fourth-order valence-electron chi connectivity index (χ4n) is 2.04. The van der Waals surface area contributed by atoms with Gasteiger partial charge in [0.1, 0.15) is 0 Å². The summed E-state index contributed by atoms with van der Waals surface area (Å²) in [5.41, 5.74) is -0.174. The summed E-state index contributed by atoms with van der Waals surface area (Å²) in [4.78, 5) is 12.0. The van der Waals surface area contributed by atoms with E-state index >= 15 is 0 Å². The van der Waals surface area contributed by atoms with Gasteiger partial charge in [0.25, 0.3) is 5.91 Å². The summed E-state index contributed by atoms with van der Waals surface area (Å²) in [6.07, 6.45) is 2.54. The molecule has 5 heteroatoms. The Hall–Kier alpha value is -1.62. The van der Waals surface area contributed by atoms with Gasteiger partial charge in [-0.15, -0.1) is 0 Å². The molecule has 2 rings (SSSR count). The van der Waals surface area contributed by atoms with Crippen LogP contribution in [-0.4, -0.2) is 30.3 Å². The molecule has 1 amide bonds. The van der Waals surface area contributed by atoms with Crippen LogP contribution in [0, 0.1) is 5.82 Å². The van der Waals surface area contributed by atoms with Gasteiger partial charge in [0.2, 0.25) is 0 Å². The Bertz CT molecular complexity index is 452. The van der Waals surface area contributed by atoms with Crippen molar-refractivity contribution in [3.63, 3.8) is 0 Å². The fourth-order valence-corrected chi connectivity index (χ4v) is 2.04. The molecule has 1 saturated carbocycles. The molecule has 4 nitrogen and oxygen atoms in total. The molecule has 1 aliphatic rings. The van der Waals surface area contributed by atoms with Crippen molar-refractivity contribution in [2.24, 2.45) is 0 Å². The minimum absolute atomic E-state index is 0.0364. The minimum atomic E-state index is -0.505. The second-order valence-electron chi connectivity index (χ2n) is 4.60. The topological polar surface area (TPSA) is 58.6 Å². The van der Waals surface area contributed by atoms with Crippen LogP contribution in [0.15, 0.2) is 18.2 Å². The maximum atomic E-state index is 13.2. The van der Waals surface area contributed by atoms with Gasteiger partial charge in [-0.25, -0.2) is 4.39 Å². The van der Waals surface area contributed by atoms with Crippen molar-refractivity contribution in [3.8, 4) is 5.75 Å². The van der Waals surface area contributed by atoms with Crippen LogP contribution in [0.25, 0.3) is 0 Å². The van der Waals surface area contributed by atoms with Crippen molar-refractivity contribution in [2.75, 3.05) is 13.7 Å². The summed E-state index contributed by atoms with van der Waals surface area (Å²) in [6, 6.07) is 3.95. The third-order valence-electron chi connectivity index (χ3n) is 3.41. The van der Waals surface area contributed by atoms with E-state index in [4.69, 9.17) is 4.74 Å². The van der Waals surface area contributed by atoms with Crippen LogP contribution in [0.4, 0.5) is 4.39 Å². The van der Waals surface area contributed by atoms with E-state index in [1.807, 2.05) is 0 Å². The number of hydrogen-bond acceptors (Lipinski definition) is 3. The molecule has 1 aliphatic carbocycles. The Kier molecular flexibility index (Phi) is 3.52. The highest BCUT2D eigenvalue weighted by molar-refractivity contribution is 5.95. The minimum Gasteiger partial charge on any atom is -0.494 e. The number of benzene rings is 1. The molecule has 1 fully saturated rings. The van der Waals surface area contributed by atoms with E-state index in [0.717, 1.165) is 19.3 Å². The number of amides is 1. The summed E-state index contributed by atoms with van der Waals surface area (Å²) in [5, 5.41) is 12.1. The van der Waals surface area contributed by atoms with E-state index in [9.17, 15) is 14.3 Å². The van der Waals surface area contributed by atoms with Crippen LogP contribution < -0.4 is 10.1 Å². The van der Waals surface area contributed by atoms with Crippen molar-refractivity contribution in [1.29, 1.82) is 0 Å². The maximum absolute atomic E-state index is 13.2. The lowest BCUT2D eigenvalue weighted by Crippen LogP contribution is -2.56. The number of methoxy groups -OCH3 is 1. The SMILES string of the molecule is COc1cc(C(=O)NC2(CO)CCC2)ccc1F. The first-order valence-electron chi connectivity index (χ1n) is 5.87. The zero-order valence-corrected chi connectivity index (χ0v) is 10.2. The zero-order valence-electron chi connectivity index (χ0n) is 10.2. The zero-order chi connectivity index (χ0) is 13.2. The average molecular weight is 253 g/mol. The lowest BCUT2D eigenvalue weighted by molar-refractivity contribution is 0.0641. The number of nitrogens with one attached hydrogen (secondary N) is 1.